The first kappa shape index (κ1) is 12.7. The standard InChI is InChI=1S/C15H25NO/c1-3-9-16-15(11-13-6-4-5-7-13)14-8-10-17-12(14)2/h8,10,13,15-16H,3-7,9,11H2,1-2H3. The minimum atomic E-state index is 0.497. The SMILES string of the molecule is CCCNC(CC1CCCC1)c1ccoc1C. The maximum atomic E-state index is 5.45. The van der Waals surface area contributed by atoms with E-state index in [1.807, 2.05) is 6.26 Å². The average Bonchev–Trinajstić information content (AvgIpc) is 2.95. The van der Waals surface area contributed by atoms with E-state index in [-0.39, 0.29) is 0 Å². The summed E-state index contributed by atoms with van der Waals surface area (Å²) in [7, 11) is 0. The third kappa shape index (κ3) is 3.35. The Labute approximate surface area is 105 Å². The maximum absolute atomic E-state index is 5.45. The van der Waals surface area contributed by atoms with Gasteiger partial charge in [-0.25, -0.2) is 0 Å². The van der Waals surface area contributed by atoms with Crippen LogP contribution in [0.4, 0.5) is 0 Å². The Kier molecular flexibility index (Phi) is 4.66. The fourth-order valence-electron chi connectivity index (χ4n) is 2.97. The molecule has 2 heteroatoms. The molecular weight excluding hydrogens is 210 g/mol. The van der Waals surface area contributed by atoms with E-state index in [0.717, 1.165) is 18.2 Å². The summed E-state index contributed by atoms with van der Waals surface area (Å²) in [6.45, 7) is 5.40. The second kappa shape index (κ2) is 6.25. The van der Waals surface area contributed by atoms with Gasteiger partial charge in [-0.1, -0.05) is 32.6 Å². The molecule has 1 aliphatic rings. The second-order valence-corrected chi connectivity index (χ2v) is 5.33. The highest BCUT2D eigenvalue weighted by atomic mass is 16.3. The number of hydrogen-bond acceptors (Lipinski definition) is 2. The van der Waals surface area contributed by atoms with Crippen molar-refractivity contribution in [3.63, 3.8) is 0 Å². The van der Waals surface area contributed by atoms with Crippen molar-refractivity contribution in [1.82, 2.24) is 5.32 Å². The van der Waals surface area contributed by atoms with Gasteiger partial charge in [-0.3, -0.25) is 0 Å². The minimum absolute atomic E-state index is 0.497. The summed E-state index contributed by atoms with van der Waals surface area (Å²) >= 11 is 0. The van der Waals surface area contributed by atoms with Gasteiger partial charge in [0.1, 0.15) is 5.76 Å². The quantitative estimate of drug-likeness (QED) is 0.799. The van der Waals surface area contributed by atoms with Gasteiger partial charge in [0.25, 0.3) is 0 Å². The molecule has 2 rings (SSSR count). The highest BCUT2D eigenvalue weighted by molar-refractivity contribution is 5.20. The van der Waals surface area contributed by atoms with Crippen LogP contribution in [0.1, 0.15) is 62.8 Å². The van der Waals surface area contributed by atoms with E-state index in [1.54, 1.807) is 0 Å². The van der Waals surface area contributed by atoms with Crippen molar-refractivity contribution in [3.8, 4) is 0 Å². The largest absolute Gasteiger partial charge is 0.469 e. The molecular formula is C15H25NO. The molecule has 0 bridgehead atoms. The lowest BCUT2D eigenvalue weighted by atomic mass is 9.94. The van der Waals surface area contributed by atoms with Crippen LogP contribution in [0, 0.1) is 12.8 Å². The molecule has 0 spiro atoms. The minimum Gasteiger partial charge on any atom is -0.469 e. The lowest BCUT2D eigenvalue weighted by Crippen LogP contribution is -2.24. The van der Waals surface area contributed by atoms with Crippen molar-refractivity contribution < 1.29 is 4.42 Å². The summed E-state index contributed by atoms with van der Waals surface area (Å²) in [4.78, 5) is 0. The zero-order chi connectivity index (χ0) is 12.1. The van der Waals surface area contributed by atoms with Gasteiger partial charge < -0.3 is 9.73 Å². The van der Waals surface area contributed by atoms with E-state index in [0.29, 0.717) is 6.04 Å². The Bertz CT molecular complexity index is 325. The molecule has 1 atom stereocenters. The molecule has 1 aliphatic carbocycles. The molecule has 1 N–H and O–H groups in total. The van der Waals surface area contributed by atoms with Gasteiger partial charge in [-0.15, -0.1) is 0 Å². The molecule has 0 aromatic carbocycles. The molecule has 1 aromatic rings. The highest BCUT2D eigenvalue weighted by Crippen LogP contribution is 2.34. The predicted molar refractivity (Wildman–Crippen MR) is 71.1 cm³/mol. The number of aryl methyl sites for hydroxylation is 1. The highest BCUT2D eigenvalue weighted by Gasteiger charge is 2.22. The first-order chi connectivity index (χ1) is 8.31. The summed E-state index contributed by atoms with van der Waals surface area (Å²) in [6.07, 6.45) is 9.98. The van der Waals surface area contributed by atoms with Crippen LogP contribution in [0.15, 0.2) is 16.7 Å². The predicted octanol–water partition coefficient (Wildman–Crippen LogP) is 4.21. The Morgan fingerprint density at radius 1 is 1.41 bits per heavy atom. The van der Waals surface area contributed by atoms with Crippen LogP contribution in [0.2, 0.25) is 0 Å². The van der Waals surface area contributed by atoms with Crippen LogP contribution in [-0.2, 0) is 0 Å². The van der Waals surface area contributed by atoms with Gasteiger partial charge in [0.2, 0.25) is 0 Å². The van der Waals surface area contributed by atoms with Crippen LogP contribution in [-0.4, -0.2) is 6.54 Å². The van der Waals surface area contributed by atoms with Crippen LogP contribution in [0.5, 0.6) is 0 Å². The first-order valence-electron chi connectivity index (χ1n) is 7.08. The Morgan fingerprint density at radius 2 is 2.18 bits per heavy atom. The molecule has 96 valence electrons. The molecule has 1 fully saturated rings. The van der Waals surface area contributed by atoms with Crippen molar-refractivity contribution in [2.24, 2.45) is 5.92 Å². The van der Waals surface area contributed by atoms with Crippen LogP contribution in [0.3, 0.4) is 0 Å². The molecule has 0 radical (unpaired) electrons. The van der Waals surface area contributed by atoms with Crippen molar-refractivity contribution in [1.29, 1.82) is 0 Å². The van der Waals surface area contributed by atoms with E-state index in [2.05, 4.69) is 25.2 Å². The maximum Gasteiger partial charge on any atom is 0.105 e. The van der Waals surface area contributed by atoms with Crippen LogP contribution >= 0.6 is 0 Å². The molecule has 17 heavy (non-hydrogen) atoms. The summed E-state index contributed by atoms with van der Waals surface area (Å²) in [5.74, 6) is 2.00. The topological polar surface area (TPSA) is 25.2 Å². The Morgan fingerprint density at radius 3 is 2.76 bits per heavy atom. The average molecular weight is 235 g/mol. The Balaban J connectivity index is 1.99. The zero-order valence-corrected chi connectivity index (χ0v) is 11.2. The van der Waals surface area contributed by atoms with Gasteiger partial charge in [-0.2, -0.15) is 0 Å². The first-order valence-corrected chi connectivity index (χ1v) is 7.08. The number of hydrogen-bond donors (Lipinski definition) is 1. The summed E-state index contributed by atoms with van der Waals surface area (Å²) in [5, 5.41) is 3.68. The third-order valence-electron chi connectivity index (χ3n) is 3.96. The van der Waals surface area contributed by atoms with Gasteiger partial charge in [-0.05, 0) is 38.3 Å². The fraction of sp³-hybridized carbons (Fsp3) is 0.733. The van der Waals surface area contributed by atoms with E-state index in [4.69, 9.17) is 4.42 Å². The summed E-state index contributed by atoms with van der Waals surface area (Å²) < 4.78 is 5.45. The zero-order valence-electron chi connectivity index (χ0n) is 11.2. The van der Waals surface area contributed by atoms with Gasteiger partial charge in [0.15, 0.2) is 0 Å². The van der Waals surface area contributed by atoms with E-state index in [1.165, 1.54) is 44.1 Å². The smallest absolute Gasteiger partial charge is 0.105 e. The van der Waals surface area contributed by atoms with Gasteiger partial charge in [0.05, 0.1) is 6.26 Å². The molecule has 2 nitrogen and oxygen atoms in total. The summed E-state index contributed by atoms with van der Waals surface area (Å²) in [5.41, 5.74) is 1.37. The molecule has 0 aliphatic heterocycles. The van der Waals surface area contributed by atoms with E-state index < -0.39 is 0 Å². The van der Waals surface area contributed by atoms with Crippen LogP contribution < -0.4 is 5.32 Å². The molecule has 1 aromatic heterocycles. The van der Waals surface area contributed by atoms with Crippen molar-refractivity contribution in [2.75, 3.05) is 6.54 Å². The van der Waals surface area contributed by atoms with Gasteiger partial charge in [0, 0.05) is 11.6 Å². The van der Waals surface area contributed by atoms with Crippen molar-refractivity contribution in [3.05, 3.63) is 23.7 Å². The van der Waals surface area contributed by atoms with Crippen molar-refractivity contribution >= 4 is 0 Å². The molecule has 1 saturated carbocycles. The lowest BCUT2D eigenvalue weighted by molar-refractivity contribution is 0.389. The Hall–Kier alpha value is -0.760. The number of rotatable bonds is 6. The fourth-order valence-corrected chi connectivity index (χ4v) is 2.97. The van der Waals surface area contributed by atoms with Crippen molar-refractivity contribution in [2.45, 2.75) is 58.4 Å². The van der Waals surface area contributed by atoms with E-state index >= 15 is 0 Å². The van der Waals surface area contributed by atoms with E-state index in [9.17, 15) is 0 Å². The third-order valence-corrected chi connectivity index (χ3v) is 3.96. The number of nitrogens with one attached hydrogen (secondary N) is 1. The second-order valence-electron chi connectivity index (χ2n) is 5.33. The number of furan rings is 1. The lowest BCUT2D eigenvalue weighted by Gasteiger charge is -2.21. The molecule has 1 unspecified atom stereocenters. The molecule has 1 heterocycles. The monoisotopic (exact) mass is 235 g/mol. The molecule has 0 saturated heterocycles. The molecule has 0 amide bonds. The van der Waals surface area contributed by atoms with Gasteiger partial charge >= 0.3 is 0 Å². The summed E-state index contributed by atoms with van der Waals surface area (Å²) in [6, 6.07) is 2.63. The van der Waals surface area contributed by atoms with Crippen LogP contribution in [0.25, 0.3) is 0 Å². The normalized spacial score (nSPS) is 18.7.